The van der Waals surface area contributed by atoms with Crippen LogP contribution >= 0.6 is 11.6 Å². The largest absolute Gasteiger partial charge is 0.313 e. The fourth-order valence-corrected chi connectivity index (χ4v) is 5.03. The first kappa shape index (κ1) is 21.8. The summed E-state index contributed by atoms with van der Waals surface area (Å²) in [5.41, 5.74) is 3.05. The molecular weight excluding hydrogens is 408 g/mol. The van der Waals surface area contributed by atoms with Crippen molar-refractivity contribution in [2.24, 2.45) is 0 Å². The van der Waals surface area contributed by atoms with Crippen LogP contribution in [0.15, 0.2) is 47.4 Å². The van der Waals surface area contributed by atoms with Crippen LogP contribution in [0.1, 0.15) is 37.3 Å². The van der Waals surface area contributed by atoms with Gasteiger partial charge in [-0.1, -0.05) is 37.4 Å². The molecule has 0 bridgehead atoms. The number of anilines is 1. The van der Waals surface area contributed by atoms with Crippen LogP contribution in [-0.2, 0) is 27.7 Å². The summed E-state index contributed by atoms with van der Waals surface area (Å²) < 4.78 is 28.1. The molecule has 1 unspecified atom stereocenters. The van der Waals surface area contributed by atoms with Gasteiger partial charge in [-0.2, -0.15) is 0 Å². The molecule has 3 rings (SSSR count). The smallest absolute Gasteiger partial charge is 0.240 e. The summed E-state index contributed by atoms with van der Waals surface area (Å²) in [6, 6.07) is 11.9. The number of sulfonamides is 1. The van der Waals surface area contributed by atoms with Gasteiger partial charge in [-0.3, -0.25) is 4.79 Å². The van der Waals surface area contributed by atoms with Gasteiger partial charge in [0.2, 0.25) is 15.9 Å². The molecule has 0 aliphatic heterocycles. The minimum absolute atomic E-state index is 0.00648. The standard InChI is InChI=1S/C22H26ClN2O3S/c1-3-4-5-12-25(16(2)26)21-9-6-17-13-20(14-18(17)15-21)24-29(27,28)22-10-7-19(23)8-11-22/h6-11,15,20,24H,1,3-5,12-14H2,2H3. The first-order valence-corrected chi connectivity index (χ1v) is 11.6. The van der Waals surface area contributed by atoms with Crippen LogP contribution in [0.2, 0.25) is 5.02 Å². The number of fused-ring (bicyclic) bond motifs is 1. The normalized spacial score (nSPS) is 15.9. The van der Waals surface area contributed by atoms with Crippen molar-refractivity contribution < 1.29 is 13.2 Å². The van der Waals surface area contributed by atoms with Crippen LogP contribution in [0.4, 0.5) is 5.69 Å². The van der Waals surface area contributed by atoms with Gasteiger partial charge in [-0.15, -0.1) is 0 Å². The van der Waals surface area contributed by atoms with Crippen LogP contribution in [0.3, 0.4) is 0 Å². The quantitative estimate of drug-likeness (QED) is 0.636. The Balaban J connectivity index is 1.72. The molecule has 1 aliphatic rings. The Labute approximate surface area is 178 Å². The first-order valence-electron chi connectivity index (χ1n) is 9.77. The number of benzene rings is 2. The molecule has 1 amide bonds. The fourth-order valence-electron chi connectivity index (χ4n) is 3.67. The van der Waals surface area contributed by atoms with Gasteiger partial charge >= 0.3 is 0 Å². The maximum atomic E-state index is 12.6. The highest BCUT2D eigenvalue weighted by molar-refractivity contribution is 7.89. The predicted molar refractivity (Wildman–Crippen MR) is 117 cm³/mol. The molecular formula is C22H26ClN2O3S. The zero-order valence-corrected chi connectivity index (χ0v) is 18.1. The van der Waals surface area contributed by atoms with Crippen molar-refractivity contribution in [3.8, 4) is 0 Å². The molecule has 2 aromatic carbocycles. The minimum atomic E-state index is -3.61. The third-order valence-electron chi connectivity index (χ3n) is 5.14. The lowest BCUT2D eigenvalue weighted by Gasteiger charge is -2.22. The Bertz CT molecular complexity index is 974. The first-order chi connectivity index (χ1) is 13.8. The van der Waals surface area contributed by atoms with E-state index < -0.39 is 10.0 Å². The van der Waals surface area contributed by atoms with Crippen molar-refractivity contribution >= 4 is 33.2 Å². The number of hydrogen-bond acceptors (Lipinski definition) is 3. The number of amides is 1. The van der Waals surface area contributed by atoms with E-state index in [4.69, 9.17) is 11.6 Å². The molecule has 29 heavy (non-hydrogen) atoms. The summed E-state index contributed by atoms with van der Waals surface area (Å²) in [7, 11) is -3.61. The molecule has 0 aromatic heterocycles. The average Bonchev–Trinajstić information content (AvgIpc) is 3.06. The van der Waals surface area contributed by atoms with Gasteiger partial charge < -0.3 is 4.90 Å². The van der Waals surface area contributed by atoms with Crippen molar-refractivity contribution in [1.29, 1.82) is 0 Å². The number of rotatable bonds is 8. The van der Waals surface area contributed by atoms with Crippen LogP contribution in [0.5, 0.6) is 0 Å². The maximum absolute atomic E-state index is 12.6. The summed E-state index contributed by atoms with van der Waals surface area (Å²) in [6.07, 6.45) is 3.96. The number of carbonyl (C=O) groups is 1. The summed E-state index contributed by atoms with van der Waals surface area (Å²) in [5.74, 6) is 0.00648. The molecule has 0 saturated carbocycles. The number of nitrogens with zero attached hydrogens (tertiary/aromatic N) is 1. The van der Waals surface area contributed by atoms with E-state index in [0.717, 1.165) is 36.1 Å². The van der Waals surface area contributed by atoms with Crippen LogP contribution in [0.25, 0.3) is 0 Å². The van der Waals surface area contributed by atoms with Crippen molar-refractivity contribution in [2.75, 3.05) is 11.4 Å². The molecule has 1 atom stereocenters. The molecule has 1 aliphatic carbocycles. The molecule has 0 fully saturated rings. The van der Waals surface area contributed by atoms with Gasteiger partial charge in [0.05, 0.1) is 4.90 Å². The molecule has 2 aromatic rings. The topological polar surface area (TPSA) is 66.5 Å². The van der Waals surface area contributed by atoms with E-state index in [-0.39, 0.29) is 16.8 Å². The summed E-state index contributed by atoms with van der Waals surface area (Å²) in [6.45, 7) is 6.08. The molecule has 155 valence electrons. The molecule has 5 nitrogen and oxygen atoms in total. The molecule has 0 heterocycles. The molecule has 7 heteroatoms. The van der Waals surface area contributed by atoms with E-state index in [0.29, 0.717) is 24.4 Å². The summed E-state index contributed by atoms with van der Waals surface area (Å²) >= 11 is 5.85. The van der Waals surface area contributed by atoms with E-state index in [2.05, 4.69) is 11.6 Å². The predicted octanol–water partition coefficient (Wildman–Crippen LogP) is 4.14. The van der Waals surface area contributed by atoms with Crippen LogP contribution in [-0.4, -0.2) is 26.9 Å². The van der Waals surface area contributed by atoms with E-state index >= 15 is 0 Å². The number of unbranched alkanes of at least 4 members (excludes halogenated alkanes) is 2. The van der Waals surface area contributed by atoms with Gasteiger partial charge in [0.15, 0.2) is 0 Å². The van der Waals surface area contributed by atoms with E-state index in [1.807, 2.05) is 18.2 Å². The number of hydrogen-bond donors (Lipinski definition) is 1. The third-order valence-corrected chi connectivity index (χ3v) is 6.93. The van der Waals surface area contributed by atoms with Crippen molar-refractivity contribution in [2.45, 2.75) is 50.0 Å². The lowest BCUT2D eigenvalue weighted by Crippen LogP contribution is -2.35. The Morgan fingerprint density at radius 3 is 2.48 bits per heavy atom. The number of carbonyl (C=O) groups excluding carboxylic acids is 1. The molecule has 0 spiro atoms. The van der Waals surface area contributed by atoms with Gasteiger partial charge in [-0.05, 0) is 66.8 Å². The van der Waals surface area contributed by atoms with E-state index in [1.54, 1.807) is 24.0 Å². The zero-order valence-electron chi connectivity index (χ0n) is 16.5. The van der Waals surface area contributed by atoms with Crippen LogP contribution < -0.4 is 9.62 Å². The van der Waals surface area contributed by atoms with Crippen molar-refractivity contribution in [3.63, 3.8) is 0 Å². The Morgan fingerprint density at radius 2 is 1.83 bits per heavy atom. The second kappa shape index (κ2) is 9.28. The van der Waals surface area contributed by atoms with Crippen molar-refractivity contribution in [1.82, 2.24) is 4.72 Å². The summed E-state index contributed by atoms with van der Waals surface area (Å²) in [4.78, 5) is 14.1. The van der Waals surface area contributed by atoms with E-state index in [1.165, 1.54) is 12.1 Å². The SMILES string of the molecule is [CH2]CCCCN(C(C)=O)c1ccc2c(c1)CC(NS(=O)(=O)c1ccc(Cl)cc1)C2. The van der Waals surface area contributed by atoms with Crippen molar-refractivity contribution in [3.05, 3.63) is 65.5 Å². The molecule has 1 radical (unpaired) electrons. The second-order valence-corrected chi connectivity index (χ2v) is 9.52. The fraction of sp³-hybridized carbons (Fsp3) is 0.364. The van der Waals surface area contributed by atoms with Gasteiger partial charge in [-0.25, -0.2) is 13.1 Å². The van der Waals surface area contributed by atoms with Gasteiger partial charge in [0, 0.05) is 30.2 Å². The number of halogens is 1. The Hall–Kier alpha value is -1.89. The highest BCUT2D eigenvalue weighted by Crippen LogP contribution is 2.28. The van der Waals surface area contributed by atoms with Gasteiger partial charge in [0.1, 0.15) is 0 Å². The zero-order chi connectivity index (χ0) is 21.0. The minimum Gasteiger partial charge on any atom is -0.313 e. The second-order valence-electron chi connectivity index (χ2n) is 7.36. The summed E-state index contributed by atoms with van der Waals surface area (Å²) in [5, 5.41) is 0.495. The number of nitrogens with one attached hydrogen (secondary N) is 1. The average molecular weight is 434 g/mol. The molecule has 0 saturated heterocycles. The third kappa shape index (κ3) is 5.38. The lowest BCUT2D eigenvalue weighted by atomic mass is 10.1. The maximum Gasteiger partial charge on any atom is 0.240 e. The van der Waals surface area contributed by atoms with E-state index in [9.17, 15) is 13.2 Å². The monoisotopic (exact) mass is 433 g/mol. The van der Waals surface area contributed by atoms with Gasteiger partial charge in [0.25, 0.3) is 0 Å². The Kier molecular flexibility index (Phi) is 6.98. The lowest BCUT2D eigenvalue weighted by molar-refractivity contribution is -0.116. The van der Waals surface area contributed by atoms with Crippen LogP contribution in [0, 0.1) is 6.92 Å². The molecule has 1 N–H and O–H groups in total. The Morgan fingerprint density at radius 1 is 1.14 bits per heavy atom. The highest BCUT2D eigenvalue weighted by Gasteiger charge is 2.27. The highest BCUT2D eigenvalue weighted by atomic mass is 35.5.